The van der Waals surface area contributed by atoms with Crippen molar-refractivity contribution in [1.82, 2.24) is 15.0 Å². The monoisotopic (exact) mass is 216 g/mol. The van der Waals surface area contributed by atoms with Crippen molar-refractivity contribution in [1.29, 1.82) is 0 Å². The average Bonchev–Trinajstić information content (AvgIpc) is 2.33. The maximum atomic E-state index is 11.3. The molecule has 0 aliphatic heterocycles. The largest absolute Gasteiger partial charge is 0.365 e. The van der Waals surface area contributed by atoms with Gasteiger partial charge in [0.25, 0.3) is 5.56 Å². The topological polar surface area (TPSA) is 70.7 Å². The summed E-state index contributed by atoms with van der Waals surface area (Å²) in [6, 6.07) is 5.76. The molecule has 2 aromatic heterocycles. The molecule has 16 heavy (non-hydrogen) atoms. The van der Waals surface area contributed by atoms with Crippen LogP contribution in [0.4, 0.5) is 5.82 Å². The lowest BCUT2D eigenvalue weighted by molar-refractivity contribution is 0.945. The van der Waals surface area contributed by atoms with E-state index in [1.54, 1.807) is 12.4 Å². The summed E-state index contributed by atoms with van der Waals surface area (Å²) in [5, 5.41) is 2.97. The second kappa shape index (κ2) is 5.06. The highest BCUT2D eigenvalue weighted by atomic mass is 16.1. The van der Waals surface area contributed by atoms with Gasteiger partial charge < -0.3 is 10.3 Å². The maximum absolute atomic E-state index is 11.3. The van der Waals surface area contributed by atoms with Gasteiger partial charge in [-0.3, -0.25) is 9.78 Å². The van der Waals surface area contributed by atoms with Crippen LogP contribution in [-0.2, 0) is 6.42 Å². The lowest BCUT2D eigenvalue weighted by atomic mass is 10.3. The van der Waals surface area contributed by atoms with Crippen LogP contribution < -0.4 is 10.9 Å². The second-order valence-electron chi connectivity index (χ2n) is 3.26. The molecule has 5 nitrogen and oxygen atoms in total. The van der Waals surface area contributed by atoms with E-state index in [0.29, 0.717) is 12.4 Å². The van der Waals surface area contributed by atoms with Crippen LogP contribution in [0.5, 0.6) is 0 Å². The zero-order valence-electron chi connectivity index (χ0n) is 8.68. The molecule has 0 radical (unpaired) electrons. The summed E-state index contributed by atoms with van der Waals surface area (Å²) < 4.78 is 0. The molecule has 0 bridgehead atoms. The van der Waals surface area contributed by atoms with E-state index in [1.165, 1.54) is 6.20 Å². The summed E-state index contributed by atoms with van der Waals surface area (Å²) in [5.74, 6) is 0.346. The second-order valence-corrected chi connectivity index (χ2v) is 3.26. The van der Waals surface area contributed by atoms with Crippen molar-refractivity contribution in [3.05, 3.63) is 52.8 Å². The van der Waals surface area contributed by atoms with Gasteiger partial charge in [-0.25, -0.2) is 4.98 Å². The number of hydrogen-bond donors (Lipinski definition) is 2. The number of H-pyrrole nitrogens is 1. The summed E-state index contributed by atoms with van der Waals surface area (Å²) in [4.78, 5) is 21.9. The number of nitrogens with zero attached hydrogens (tertiary/aromatic N) is 2. The first-order valence-corrected chi connectivity index (χ1v) is 5.04. The Balaban J connectivity index is 1.90. The third kappa shape index (κ3) is 2.66. The van der Waals surface area contributed by atoms with E-state index in [2.05, 4.69) is 20.3 Å². The normalized spacial score (nSPS) is 10.0. The highest BCUT2D eigenvalue weighted by Gasteiger charge is 1.98. The van der Waals surface area contributed by atoms with Crippen molar-refractivity contribution in [2.24, 2.45) is 0 Å². The van der Waals surface area contributed by atoms with Gasteiger partial charge in [-0.15, -0.1) is 0 Å². The first-order chi connectivity index (χ1) is 7.86. The minimum Gasteiger partial charge on any atom is -0.365 e. The molecule has 0 atom stereocenters. The molecule has 2 N–H and O–H groups in total. The Morgan fingerprint density at radius 3 is 2.94 bits per heavy atom. The van der Waals surface area contributed by atoms with Crippen LogP contribution in [0.25, 0.3) is 0 Å². The van der Waals surface area contributed by atoms with Crippen LogP contribution in [0.2, 0.25) is 0 Å². The first-order valence-electron chi connectivity index (χ1n) is 5.04. The number of anilines is 1. The van der Waals surface area contributed by atoms with Crippen LogP contribution in [0, 0.1) is 0 Å². The lowest BCUT2D eigenvalue weighted by Crippen LogP contribution is -2.17. The quantitative estimate of drug-likeness (QED) is 0.793. The van der Waals surface area contributed by atoms with Gasteiger partial charge in [0.2, 0.25) is 0 Å². The van der Waals surface area contributed by atoms with Crippen LogP contribution in [0.15, 0.2) is 41.6 Å². The number of hydrogen-bond acceptors (Lipinski definition) is 4. The van der Waals surface area contributed by atoms with E-state index >= 15 is 0 Å². The van der Waals surface area contributed by atoms with E-state index in [1.807, 2.05) is 18.2 Å². The van der Waals surface area contributed by atoms with E-state index in [0.717, 1.165) is 12.1 Å². The number of pyridine rings is 1. The lowest BCUT2D eigenvalue weighted by Gasteiger charge is -2.03. The van der Waals surface area contributed by atoms with Crippen LogP contribution >= 0.6 is 0 Å². The summed E-state index contributed by atoms with van der Waals surface area (Å²) in [6.07, 6.45) is 5.57. The van der Waals surface area contributed by atoms with Crippen LogP contribution in [0.3, 0.4) is 0 Å². The molecule has 2 aromatic rings. The Labute approximate surface area is 92.6 Å². The van der Waals surface area contributed by atoms with Crippen molar-refractivity contribution in [3.63, 3.8) is 0 Å². The molecular formula is C11H12N4O. The Kier molecular flexibility index (Phi) is 3.28. The summed E-state index contributed by atoms with van der Waals surface area (Å²) in [5.41, 5.74) is 0.783. The molecule has 2 rings (SSSR count). The molecule has 0 spiro atoms. The number of aromatic amines is 1. The van der Waals surface area contributed by atoms with E-state index in [-0.39, 0.29) is 5.56 Å². The molecule has 0 saturated carbocycles. The highest BCUT2D eigenvalue weighted by Crippen LogP contribution is 1.96. The van der Waals surface area contributed by atoms with Crippen molar-refractivity contribution >= 4 is 5.82 Å². The van der Waals surface area contributed by atoms with E-state index in [4.69, 9.17) is 0 Å². The summed E-state index contributed by atoms with van der Waals surface area (Å²) >= 11 is 0. The number of rotatable bonds is 4. The zero-order chi connectivity index (χ0) is 11.2. The molecule has 0 aliphatic carbocycles. The van der Waals surface area contributed by atoms with Gasteiger partial charge in [0.05, 0.1) is 0 Å². The third-order valence-corrected chi connectivity index (χ3v) is 2.11. The summed E-state index contributed by atoms with van der Waals surface area (Å²) in [7, 11) is 0. The molecule has 5 heteroatoms. The van der Waals surface area contributed by atoms with Gasteiger partial charge >= 0.3 is 0 Å². The smallest absolute Gasteiger partial charge is 0.290 e. The molecule has 82 valence electrons. The Morgan fingerprint density at radius 2 is 2.19 bits per heavy atom. The first kappa shape index (κ1) is 10.4. The van der Waals surface area contributed by atoms with Crippen molar-refractivity contribution in [2.75, 3.05) is 11.9 Å². The molecule has 0 unspecified atom stereocenters. The molecule has 0 amide bonds. The standard InChI is InChI=1S/C11H12N4O/c16-11-10(14-7-8-15-11)13-6-4-9-3-1-2-5-12-9/h1-3,5,7-8H,4,6H2,(H,13,14)(H,15,16). The van der Waals surface area contributed by atoms with Gasteiger partial charge in [0.1, 0.15) is 0 Å². The fourth-order valence-corrected chi connectivity index (χ4v) is 1.33. The third-order valence-electron chi connectivity index (χ3n) is 2.11. The van der Waals surface area contributed by atoms with Gasteiger partial charge in [-0.05, 0) is 12.1 Å². The van der Waals surface area contributed by atoms with Gasteiger partial charge in [-0.2, -0.15) is 0 Å². The van der Waals surface area contributed by atoms with Crippen LogP contribution in [-0.4, -0.2) is 21.5 Å². The van der Waals surface area contributed by atoms with Gasteiger partial charge in [0.15, 0.2) is 5.82 Å². The fraction of sp³-hybridized carbons (Fsp3) is 0.182. The highest BCUT2D eigenvalue weighted by molar-refractivity contribution is 5.30. The average molecular weight is 216 g/mol. The van der Waals surface area contributed by atoms with Crippen molar-refractivity contribution in [2.45, 2.75) is 6.42 Å². The SMILES string of the molecule is O=c1[nH]ccnc1NCCc1ccccn1. The molecule has 0 aromatic carbocycles. The fourth-order valence-electron chi connectivity index (χ4n) is 1.33. The number of aromatic nitrogens is 3. The predicted octanol–water partition coefficient (Wildman–Crippen LogP) is 0.819. The zero-order valence-corrected chi connectivity index (χ0v) is 8.68. The van der Waals surface area contributed by atoms with Crippen molar-refractivity contribution in [3.8, 4) is 0 Å². The molecular weight excluding hydrogens is 204 g/mol. The number of nitrogens with one attached hydrogen (secondary N) is 2. The summed E-state index contributed by atoms with van der Waals surface area (Å²) in [6.45, 7) is 0.636. The van der Waals surface area contributed by atoms with Crippen LogP contribution in [0.1, 0.15) is 5.69 Å². The minimum absolute atomic E-state index is 0.205. The molecule has 0 fully saturated rings. The molecule has 0 aliphatic rings. The minimum atomic E-state index is -0.205. The van der Waals surface area contributed by atoms with Gasteiger partial charge in [0, 0.05) is 37.3 Å². The molecule has 2 heterocycles. The van der Waals surface area contributed by atoms with E-state index in [9.17, 15) is 4.79 Å². The predicted molar refractivity (Wildman–Crippen MR) is 61.3 cm³/mol. The Bertz CT molecular complexity index is 495. The van der Waals surface area contributed by atoms with Crippen molar-refractivity contribution < 1.29 is 0 Å². The van der Waals surface area contributed by atoms with Gasteiger partial charge in [-0.1, -0.05) is 6.07 Å². The Morgan fingerprint density at radius 1 is 1.25 bits per heavy atom. The van der Waals surface area contributed by atoms with E-state index < -0.39 is 0 Å². The Hall–Kier alpha value is -2.17. The maximum Gasteiger partial charge on any atom is 0.290 e. The molecule has 0 saturated heterocycles.